The highest BCUT2D eigenvalue weighted by atomic mass is 32.2. The number of likely N-dealkylation sites (N-methyl/N-ethyl adjacent to an activating group) is 1. The van der Waals surface area contributed by atoms with Crippen molar-refractivity contribution in [3.8, 4) is 0 Å². The number of carbonyl (C=O) groups is 2. The van der Waals surface area contributed by atoms with Crippen molar-refractivity contribution in [3.05, 3.63) is 11.7 Å². The molecule has 1 atom stereocenters. The van der Waals surface area contributed by atoms with Crippen LogP contribution in [-0.2, 0) is 16.0 Å². The third-order valence-corrected chi connectivity index (χ3v) is 5.19. The highest BCUT2D eigenvalue weighted by Gasteiger charge is 2.38. The molecule has 128 valence electrons. The molecule has 1 saturated heterocycles. The summed E-state index contributed by atoms with van der Waals surface area (Å²) in [5.41, 5.74) is 0. The first-order valence-corrected chi connectivity index (χ1v) is 8.71. The lowest BCUT2D eigenvalue weighted by Gasteiger charge is -2.34. The third kappa shape index (κ3) is 4.25. The minimum Gasteiger partial charge on any atom is -0.343 e. The van der Waals surface area contributed by atoms with Gasteiger partial charge in [0.05, 0.1) is 4.75 Å². The molecule has 2 heterocycles. The summed E-state index contributed by atoms with van der Waals surface area (Å²) in [4.78, 5) is 30.3. The standard InChI is InChI=1S/C15H24N4O3S/c1-9(2)12-17-11(18-22-12)6-7-19(5)13(20)10-8-23-15(3,4)14(21)16-10/h9-10H,6-8H2,1-5H3,(H,16,21)/t10-/m1/s1. The molecule has 0 aromatic carbocycles. The number of aromatic nitrogens is 2. The number of hydrogen-bond donors (Lipinski definition) is 1. The van der Waals surface area contributed by atoms with Crippen molar-refractivity contribution < 1.29 is 14.1 Å². The quantitative estimate of drug-likeness (QED) is 0.866. The van der Waals surface area contributed by atoms with Gasteiger partial charge in [-0.3, -0.25) is 9.59 Å². The van der Waals surface area contributed by atoms with Crippen LogP contribution in [0.25, 0.3) is 0 Å². The van der Waals surface area contributed by atoms with Crippen LogP contribution in [0.5, 0.6) is 0 Å². The predicted molar refractivity (Wildman–Crippen MR) is 88.2 cm³/mol. The molecule has 8 heteroatoms. The molecule has 1 fully saturated rings. The van der Waals surface area contributed by atoms with E-state index in [0.29, 0.717) is 30.4 Å². The molecule has 0 spiro atoms. The van der Waals surface area contributed by atoms with Crippen LogP contribution >= 0.6 is 11.8 Å². The number of hydrogen-bond acceptors (Lipinski definition) is 6. The van der Waals surface area contributed by atoms with Crippen molar-refractivity contribution in [1.82, 2.24) is 20.4 Å². The summed E-state index contributed by atoms with van der Waals surface area (Å²) in [5.74, 6) is 1.79. The SMILES string of the molecule is CC(C)c1nc(CCN(C)C(=O)[C@H]2CSC(C)(C)C(=O)N2)no1. The molecule has 1 aliphatic rings. The fourth-order valence-electron chi connectivity index (χ4n) is 2.11. The van der Waals surface area contributed by atoms with Crippen LogP contribution < -0.4 is 5.32 Å². The zero-order valence-electron chi connectivity index (χ0n) is 14.3. The molecule has 0 bridgehead atoms. The maximum Gasteiger partial charge on any atom is 0.245 e. The largest absolute Gasteiger partial charge is 0.343 e. The van der Waals surface area contributed by atoms with Crippen molar-refractivity contribution in [3.63, 3.8) is 0 Å². The molecule has 2 rings (SSSR count). The van der Waals surface area contributed by atoms with Gasteiger partial charge in [0.15, 0.2) is 5.82 Å². The molecule has 2 amide bonds. The predicted octanol–water partition coefficient (Wildman–Crippen LogP) is 1.20. The molecular formula is C15H24N4O3S. The molecule has 7 nitrogen and oxygen atoms in total. The van der Waals surface area contributed by atoms with E-state index in [1.54, 1.807) is 11.9 Å². The zero-order chi connectivity index (χ0) is 17.2. The first-order valence-electron chi connectivity index (χ1n) is 7.73. The summed E-state index contributed by atoms with van der Waals surface area (Å²) in [7, 11) is 1.72. The second kappa shape index (κ2) is 6.90. The minimum absolute atomic E-state index is 0.0890. The van der Waals surface area contributed by atoms with Crippen molar-refractivity contribution in [2.75, 3.05) is 19.3 Å². The van der Waals surface area contributed by atoms with Gasteiger partial charge in [-0.25, -0.2) is 0 Å². The Morgan fingerprint density at radius 2 is 2.22 bits per heavy atom. The van der Waals surface area contributed by atoms with Gasteiger partial charge < -0.3 is 14.7 Å². The number of rotatable bonds is 5. The lowest BCUT2D eigenvalue weighted by molar-refractivity contribution is -0.135. The minimum atomic E-state index is -0.479. The van der Waals surface area contributed by atoms with E-state index in [2.05, 4.69) is 15.5 Å². The van der Waals surface area contributed by atoms with E-state index in [1.807, 2.05) is 27.7 Å². The highest BCUT2D eigenvalue weighted by molar-refractivity contribution is 8.01. The monoisotopic (exact) mass is 340 g/mol. The van der Waals surface area contributed by atoms with E-state index in [0.717, 1.165) is 0 Å². The van der Waals surface area contributed by atoms with Crippen molar-refractivity contribution in [1.29, 1.82) is 0 Å². The number of amides is 2. The average Bonchev–Trinajstić information content (AvgIpc) is 2.96. The summed E-state index contributed by atoms with van der Waals surface area (Å²) in [6, 6.07) is -0.470. The van der Waals surface area contributed by atoms with Crippen LogP contribution in [0.15, 0.2) is 4.52 Å². The van der Waals surface area contributed by atoms with Gasteiger partial charge in [-0.2, -0.15) is 4.98 Å². The Labute approximate surface area is 140 Å². The van der Waals surface area contributed by atoms with Crippen molar-refractivity contribution >= 4 is 23.6 Å². The van der Waals surface area contributed by atoms with E-state index in [4.69, 9.17) is 4.52 Å². The topological polar surface area (TPSA) is 88.3 Å². The number of thioether (sulfide) groups is 1. The van der Waals surface area contributed by atoms with Crippen molar-refractivity contribution in [2.24, 2.45) is 0 Å². The Bertz CT molecular complexity index is 585. The molecule has 1 N–H and O–H groups in total. The molecule has 0 aliphatic carbocycles. The first-order chi connectivity index (χ1) is 10.7. The molecule has 0 saturated carbocycles. The number of carbonyl (C=O) groups excluding carboxylic acids is 2. The van der Waals surface area contributed by atoms with Crippen LogP contribution in [0.3, 0.4) is 0 Å². The normalized spacial score (nSPS) is 20.4. The van der Waals surface area contributed by atoms with Gasteiger partial charge in [0.2, 0.25) is 17.7 Å². The molecular weight excluding hydrogens is 316 g/mol. The van der Waals surface area contributed by atoms with Crippen LogP contribution in [0.1, 0.15) is 45.3 Å². The number of nitrogens with zero attached hydrogens (tertiary/aromatic N) is 3. The van der Waals surface area contributed by atoms with Gasteiger partial charge in [-0.1, -0.05) is 19.0 Å². The molecule has 23 heavy (non-hydrogen) atoms. The zero-order valence-corrected chi connectivity index (χ0v) is 15.1. The summed E-state index contributed by atoms with van der Waals surface area (Å²) < 4.78 is 4.67. The van der Waals surface area contributed by atoms with E-state index >= 15 is 0 Å². The van der Waals surface area contributed by atoms with Crippen LogP contribution in [0, 0.1) is 0 Å². The lowest BCUT2D eigenvalue weighted by atomic mass is 10.1. The Morgan fingerprint density at radius 1 is 1.52 bits per heavy atom. The number of nitrogens with one attached hydrogen (secondary N) is 1. The van der Waals surface area contributed by atoms with Crippen molar-refractivity contribution in [2.45, 2.75) is 50.8 Å². The van der Waals surface area contributed by atoms with Gasteiger partial charge in [0, 0.05) is 31.7 Å². The Hall–Kier alpha value is -1.57. The molecule has 1 aromatic rings. The van der Waals surface area contributed by atoms with Gasteiger partial charge in [-0.05, 0) is 13.8 Å². The summed E-state index contributed by atoms with van der Waals surface area (Å²) in [5, 5.41) is 6.72. The second-order valence-electron chi connectivity index (χ2n) is 6.56. The molecule has 1 aromatic heterocycles. The summed E-state index contributed by atoms with van der Waals surface area (Å²) >= 11 is 1.50. The van der Waals surface area contributed by atoms with Gasteiger partial charge in [0.1, 0.15) is 6.04 Å². The first kappa shape index (κ1) is 17.8. The summed E-state index contributed by atoms with van der Waals surface area (Å²) in [6.45, 7) is 8.17. The van der Waals surface area contributed by atoms with E-state index in [9.17, 15) is 9.59 Å². The smallest absolute Gasteiger partial charge is 0.245 e. The molecule has 0 unspecified atom stereocenters. The Balaban J connectivity index is 1.86. The maximum absolute atomic E-state index is 12.4. The Morgan fingerprint density at radius 3 is 2.78 bits per heavy atom. The van der Waals surface area contributed by atoms with Gasteiger partial charge >= 0.3 is 0 Å². The van der Waals surface area contributed by atoms with E-state index < -0.39 is 10.8 Å². The van der Waals surface area contributed by atoms with Gasteiger partial charge in [-0.15, -0.1) is 11.8 Å². The molecule has 0 radical (unpaired) electrons. The summed E-state index contributed by atoms with van der Waals surface area (Å²) in [6.07, 6.45) is 0.526. The second-order valence-corrected chi connectivity index (χ2v) is 8.20. The lowest BCUT2D eigenvalue weighted by Crippen LogP contribution is -2.57. The molecule has 1 aliphatic heterocycles. The highest BCUT2D eigenvalue weighted by Crippen LogP contribution is 2.29. The average molecular weight is 340 g/mol. The van der Waals surface area contributed by atoms with E-state index in [-0.39, 0.29) is 17.7 Å². The van der Waals surface area contributed by atoms with Crippen LogP contribution in [-0.4, -0.2) is 57.0 Å². The van der Waals surface area contributed by atoms with E-state index in [1.165, 1.54) is 11.8 Å². The fourth-order valence-corrected chi connectivity index (χ4v) is 3.11. The maximum atomic E-state index is 12.4. The van der Waals surface area contributed by atoms with Crippen LogP contribution in [0.2, 0.25) is 0 Å². The third-order valence-electron chi connectivity index (χ3n) is 3.79. The fraction of sp³-hybridized carbons (Fsp3) is 0.733. The van der Waals surface area contributed by atoms with Crippen LogP contribution in [0.4, 0.5) is 0 Å². The van der Waals surface area contributed by atoms with Gasteiger partial charge in [0.25, 0.3) is 0 Å². The Kier molecular flexibility index (Phi) is 5.33.